The molecule has 0 aromatic rings. The van der Waals surface area contributed by atoms with Crippen molar-refractivity contribution in [2.45, 2.75) is 52.5 Å². The van der Waals surface area contributed by atoms with Crippen LogP contribution < -0.4 is 5.32 Å². The molecule has 0 saturated carbocycles. The highest BCUT2D eigenvalue weighted by Gasteiger charge is 2.33. The third-order valence-electron chi connectivity index (χ3n) is 5.50. The molecule has 2 rings (SSSR count). The van der Waals surface area contributed by atoms with Crippen LogP contribution in [0.4, 0.5) is 0 Å². The smallest absolute Gasteiger partial charge is 0.0281 e. The van der Waals surface area contributed by atoms with Crippen molar-refractivity contribution < 1.29 is 0 Å². The molecule has 2 aliphatic rings. The molecular formula is C16H33N3. The number of hydrogen-bond donors (Lipinski definition) is 1. The van der Waals surface area contributed by atoms with Crippen LogP contribution in [0.5, 0.6) is 0 Å². The van der Waals surface area contributed by atoms with Crippen molar-refractivity contribution >= 4 is 0 Å². The zero-order valence-corrected chi connectivity index (χ0v) is 13.5. The van der Waals surface area contributed by atoms with E-state index in [4.69, 9.17) is 0 Å². The molecule has 0 aromatic heterocycles. The van der Waals surface area contributed by atoms with Crippen LogP contribution in [0, 0.1) is 5.41 Å². The second-order valence-corrected chi connectivity index (χ2v) is 7.49. The molecule has 19 heavy (non-hydrogen) atoms. The SMILES string of the molecule is CCC1(C)CCN(CC(C)(C)N2CCNCC2)CC1. The molecule has 0 atom stereocenters. The number of rotatable bonds is 4. The summed E-state index contributed by atoms with van der Waals surface area (Å²) >= 11 is 0. The molecule has 0 aliphatic carbocycles. The van der Waals surface area contributed by atoms with Crippen LogP contribution in [-0.2, 0) is 0 Å². The summed E-state index contributed by atoms with van der Waals surface area (Å²) in [5.41, 5.74) is 0.928. The van der Waals surface area contributed by atoms with E-state index in [9.17, 15) is 0 Å². The fraction of sp³-hybridized carbons (Fsp3) is 1.00. The van der Waals surface area contributed by atoms with E-state index in [2.05, 4.69) is 42.8 Å². The van der Waals surface area contributed by atoms with E-state index in [1.54, 1.807) is 0 Å². The Balaban J connectivity index is 1.83. The fourth-order valence-corrected chi connectivity index (χ4v) is 3.52. The first kappa shape index (κ1) is 15.3. The largest absolute Gasteiger partial charge is 0.314 e. The van der Waals surface area contributed by atoms with Crippen LogP contribution in [-0.4, -0.2) is 61.2 Å². The third-order valence-corrected chi connectivity index (χ3v) is 5.50. The molecule has 1 N–H and O–H groups in total. The van der Waals surface area contributed by atoms with Gasteiger partial charge < -0.3 is 10.2 Å². The van der Waals surface area contributed by atoms with Gasteiger partial charge in [-0.1, -0.05) is 20.3 Å². The van der Waals surface area contributed by atoms with Crippen LogP contribution >= 0.6 is 0 Å². The maximum Gasteiger partial charge on any atom is 0.0281 e. The zero-order valence-electron chi connectivity index (χ0n) is 13.5. The van der Waals surface area contributed by atoms with Crippen molar-refractivity contribution in [3.8, 4) is 0 Å². The van der Waals surface area contributed by atoms with Gasteiger partial charge in [0, 0.05) is 38.3 Å². The van der Waals surface area contributed by atoms with Gasteiger partial charge in [0.15, 0.2) is 0 Å². The molecule has 2 fully saturated rings. The predicted octanol–water partition coefficient (Wildman–Crippen LogP) is 2.18. The predicted molar refractivity (Wildman–Crippen MR) is 82.6 cm³/mol. The first-order valence-corrected chi connectivity index (χ1v) is 8.13. The van der Waals surface area contributed by atoms with Crippen LogP contribution in [0.25, 0.3) is 0 Å². The average Bonchev–Trinajstić information content (AvgIpc) is 2.42. The number of hydrogen-bond acceptors (Lipinski definition) is 3. The average molecular weight is 267 g/mol. The molecular weight excluding hydrogens is 234 g/mol. The van der Waals surface area contributed by atoms with Crippen LogP contribution in [0.15, 0.2) is 0 Å². The monoisotopic (exact) mass is 267 g/mol. The highest BCUT2D eigenvalue weighted by atomic mass is 15.3. The molecule has 0 spiro atoms. The Kier molecular flexibility index (Phi) is 4.91. The van der Waals surface area contributed by atoms with Gasteiger partial charge in [-0.05, 0) is 45.2 Å². The molecule has 0 unspecified atom stereocenters. The van der Waals surface area contributed by atoms with Gasteiger partial charge in [0.05, 0.1) is 0 Å². The summed E-state index contributed by atoms with van der Waals surface area (Å²) in [6.45, 7) is 18.2. The quantitative estimate of drug-likeness (QED) is 0.842. The van der Waals surface area contributed by atoms with Crippen LogP contribution in [0.2, 0.25) is 0 Å². The fourth-order valence-electron chi connectivity index (χ4n) is 3.52. The highest BCUT2D eigenvalue weighted by Crippen LogP contribution is 2.34. The molecule has 2 aliphatic heterocycles. The van der Waals surface area contributed by atoms with Crippen molar-refractivity contribution in [3.05, 3.63) is 0 Å². The van der Waals surface area contributed by atoms with E-state index in [0.717, 1.165) is 13.1 Å². The van der Waals surface area contributed by atoms with E-state index in [1.165, 1.54) is 52.0 Å². The van der Waals surface area contributed by atoms with Crippen molar-refractivity contribution in [2.75, 3.05) is 45.8 Å². The van der Waals surface area contributed by atoms with Crippen molar-refractivity contribution in [1.82, 2.24) is 15.1 Å². The summed E-state index contributed by atoms with van der Waals surface area (Å²) in [7, 11) is 0. The molecule has 0 amide bonds. The Hall–Kier alpha value is -0.120. The molecule has 2 heterocycles. The van der Waals surface area contributed by atoms with Gasteiger partial charge >= 0.3 is 0 Å². The second kappa shape index (κ2) is 6.11. The van der Waals surface area contributed by atoms with Gasteiger partial charge in [-0.2, -0.15) is 0 Å². The maximum atomic E-state index is 3.45. The van der Waals surface area contributed by atoms with E-state index in [0.29, 0.717) is 11.0 Å². The topological polar surface area (TPSA) is 18.5 Å². The summed E-state index contributed by atoms with van der Waals surface area (Å²) in [5.74, 6) is 0. The lowest BCUT2D eigenvalue weighted by molar-refractivity contribution is 0.0350. The van der Waals surface area contributed by atoms with Crippen molar-refractivity contribution in [2.24, 2.45) is 5.41 Å². The highest BCUT2D eigenvalue weighted by molar-refractivity contribution is 4.90. The number of piperidine rings is 1. The van der Waals surface area contributed by atoms with Gasteiger partial charge in [0.1, 0.15) is 0 Å². The number of piperazine rings is 1. The lowest BCUT2D eigenvalue weighted by Gasteiger charge is -2.46. The zero-order chi connectivity index (χ0) is 13.9. The van der Waals surface area contributed by atoms with Gasteiger partial charge in [0.25, 0.3) is 0 Å². The van der Waals surface area contributed by atoms with E-state index in [-0.39, 0.29) is 0 Å². The summed E-state index contributed by atoms with van der Waals surface area (Å²) in [5, 5.41) is 3.45. The van der Waals surface area contributed by atoms with Gasteiger partial charge in [-0.3, -0.25) is 4.90 Å². The van der Waals surface area contributed by atoms with E-state index >= 15 is 0 Å². The number of likely N-dealkylation sites (tertiary alicyclic amines) is 1. The van der Waals surface area contributed by atoms with Crippen LogP contribution in [0.3, 0.4) is 0 Å². The Morgan fingerprint density at radius 1 is 1.05 bits per heavy atom. The molecule has 3 heteroatoms. The first-order chi connectivity index (χ1) is 8.95. The molecule has 112 valence electrons. The van der Waals surface area contributed by atoms with Gasteiger partial charge in [-0.15, -0.1) is 0 Å². The maximum absolute atomic E-state index is 3.45. The minimum absolute atomic E-state index is 0.321. The Morgan fingerprint density at radius 2 is 1.63 bits per heavy atom. The molecule has 0 radical (unpaired) electrons. The van der Waals surface area contributed by atoms with Gasteiger partial charge in [-0.25, -0.2) is 0 Å². The molecule has 0 aromatic carbocycles. The standard InChI is InChI=1S/C16H33N3/c1-5-16(4)6-10-18(11-7-16)14-15(2,3)19-12-8-17-9-13-19/h17H,5-14H2,1-4H3. The molecule has 2 saturated heterocycles. The first-order valence-electron chi connectivity index (χ1n) is 8.13. The number of nitrogens with one attached hydrogen (secondary N) is 1. The van der Waals surface area contributed by atoms with Crippen LogP contribution in [0.1, 0.15) is 47.0 Å². The van der Waals surface area contributed by atoms with Gasteiger partial charge in [0.2, 0.25) is 0 Å². The third kappa shape index (κ3) is 3.93. The summed E-state index contributed by atoms with van der Waals surface area (Å²) in [6.07, 6.45) is 4.09. The lowest BCUT2D eigenvalue weighted by Crippen LogP contribution is -2.58. The lowest BCUT2D eigenvalue weighted by atomic mass is 9.78. The summed E-state index contributed by atoms with van der Waals surface area (Å²) in [4.78, 5) is 5.36. The molecule has 0 bridgehead atoms. The van der Waals surface area contributed by atoms with E-state index in [1.807, 2.05) is 0 Å². The normalized spacial score (nSPS) is 26.5. The number of nitrogens with zero attached hydrogens (tertiary/aromatic N) is 2. The molecule has 3 nitrogen and oxygen atoms in total. The Bertz CT molecular complexity index is 274. The van der Waals surface area contributed by atoms with Crippen molar-refractivity contribution in [3.63, 3.8) is 0 Å². The minimum Gasteiger partial charge on any atom is -0.314 e. The minimum atomic E-state index is 0.321. The van der Waals surface area contributed by atoms with E-state index < -0.39 is 0 Å². The summed E-state index contributed by atoms with van der Waals surface area (Å²) in [6, 6.07) is 0. The van der Waals surface area contributed by atoms with Crippen molar-refractivity contribution in [1.29, 1.82) is 0 Å². The second-order valence-electron chi connectivity index (χ2n) is 7.49. The summed E-state index contributed by atoms with van der Waals surface area (Å²) < 4.78 is 0. The Morgan fingerprint density at radius 3 is 2.16 bits per heavy atom. The Labute approximate surface area is 119 Å².